The maximum absolute atomic E-state index is 12.5. The van der Waals surface area contributed by atoms with Crippen molar-refractivity contribution in [1.29, 1.82) is 0 Å². The van der Waals surface area contributed by atoms with Gasteiger partial charge in [-0.25, -0.2) is 9.59 Å². The average Bonchev–Trinajstić information content (AvgIpc) is 3.09. The molecule has 2 atom stereocenters. The van der Waals surface area contributed by atoms with Crippen LogP contribution in [-0.4, -0.2) is 41.8 Å². The number of nitrogens with one attached hydrogen (secondary N) is 2. The van der Waals surface area contributed by atoms with Crippen LogP contribution in [0, 0.1) is 0 Å². The molecule has 3 rings (SSSR count). The first kappa shape index (κ1) is 22.3. The first-order valence-corrected chi connectivity index (χ1v) is 10.6. The zero-order valence-corrected chi connectivity index (χ0v) is 17.8. The van der Waals surface area contributed by atoms with E-state index >= 15 is 0 Å². The number of aliphatic carboxylic acids is 1. The van der Waals surface area contributed by atoms with Crippen molar-refractivity contribution in [3.63, 3.8) is 0 Å². The second-order valence-corrected chi connectivity index (χ2v) is 7.62. The molecule has 0 radical (unpaired) electrons. The molecule has 7 heteroatoms. The van der Waals surface area contributed by atoms with Crippen molar-refractivity contribution < 1.29 is 24.2 Å². The monoisotopic (exact) mass is 424 g/mol. The lowest BCUT2D eigenvalue weighted by Gasteiger charge is -2.21. The number of hydrogen-bond donors (Lipinski definition) is 3. The molecule has 0 heterocycles. The van der Waals surface area contributed by atoms with Crippen molar-refractivity contribution in [2.75, 3.05) is 6.61 Å². The molecule has 0 spiro atoms. The summed E-state index contributed by atoms with van der Waals surface area (Å²) in [5.74, 6) is -1.70. The van der Waals surface area contributed by atoms with Gasteiger partial charge in [-0.15, -0.1) is 0 Å². The Morgan fingerprint density at radius 3 is 2.03 bits per heavy atom. The minimum Gasteiger partial charge on any atom is -0.480 e. The Morgan fingerprint density at radius 1 is 0.935 bits per heavy atom. The number of carboxylic acid groups (broad SMARTS) is 1. The quantitative estimate of drug-likeness (QED) is 0.570. The third kappa shape index (κ3) is 5.05. The SMILES string of the molecule is CCC[C@H](NC(=O)OCC1c2ccccc2-c2ccccc21)C(=O)N[C@@H](CC)C(=O)O. The lowest BCUT2D eigenvalue weighted by molar-refractivity contribution is -0.142. The summed E-state index contributed by atoms with van der Waals surface area (Å²) in [7, 11) is 0. The lowest BCUT2D eigenvalue weighted by atomic mass is 9.98. The Hall–Kier alpha value is -3.35. The molecule has 1 aliphatic carbocycles. The normalized spacial score (nSPS) is 14.1. The van der Waals surface area contributed by atoms with Crippen molar-refractivity contribution in [1.82, 2.24) is 10.6 Å². The largest absolute Gasteiger partial charge is 0.480 e. The van der Waals surface area contributed by atoms with Gasteiger partial charge >= 0.3 is 12.1 Å². The number of ether oxygens (including phenoxy) is 1. The van der Waals surface area contributed by atoms with Crippen LogP contribution in [0.2, 0.25) is 0 Å². The lowest BCUT2D eigenvalue weighted by Crippen LogP contribution is -2.51. The van der Waals surface area contributed by atoms with E-state index < -0.39 is 30.1 Å². The summed E-state index contributed by atoms with van der Waals surface area (Å²) in [5, 5.41) is 14.2. The average molecular weight is 424 g/mol. The van der Waals surface area contributed by atoms with E-state index in [1.54, 1.807) is 6.92 Å². The summed E-state index contributed by atoms with van der Waals surface area (Å²) in [4.78, 5) is 36.2. The Balaban J connectivity index is 1.64. The highest BCUT2D eigenvalue weighted by molar-refractivity contribution is 5.89. The molecule has 2 aromatic carbocycles. The number of hydrogen-bond acceptors (Lipinski definition) is 4. The Labute approximate surface area is 181 Å². The van der Waals surface area contributed by atoms with Gasteiger partial charge in [0.15, 0.2) is 0 Å². The summed E-state index contributed by atoms with van der Waals surface area (Å²) in [6.07, 6.45) is 0.585. The van der Waals surface area contributed by atoms with Crippen LogP contribution in [0.1, 0.15) is 50.2 Å². The van der Waals surface area contributed by atoms with Gasteiger partial charge in [0, 0.05) is 5.92 Å². The van der Waals surface area contributed by atoms with Crippen molar-refractivity contribution in [2.45, 2.75) is 51.1 Å². The van der Waals surface area contributed by atoms with Gasteiger partial charge in [-0.3, -0.25) is 4.79 Å². The summed E-state index contributed by atoms with van der Waals surface area (Å²) in [5.41, 5.74) is 4.47. The molecule has 0 aromatic heterocycles. The van der Waals surface area contributed by atoms with Gasteiger partial charge in [0.05, 0.1) is 0 Å². The van der Waals surface area contributed by atoms with Crippen LogP contribution in [0.3, 0.4) is 0 Å². The Bertz CT molecular complexity index is 913. The van der Waals surface area contributed by atoms with Gasteiger partial charge in [0.25, 0.3) is 0 Å². The molecule has 31 heavy (non-hydrogen) atoms. The third-order valence-electron chi connectivity index (χ3n) is 5.55. The molecule has 7 nitrogen and oxygen atoms in total. The third-order valence-corrected chi connectivity index (χ3v) is 5.55. The van der Waals surface area contributed by atoms with Gasteiger partial charge in [-0.2, -0.15) is 0 Å². The number of carboxylic acids is 1. The van der Waals surface area contributed by atoms with Gasteiger partial charge in [-0.05, 0) is 35.1 Å². The second kappa shape index (κ2) is 10.1. The maximum atomic E-state index is 12.5. The predicted octanol–water partition coefficient (Wildman–Crippen LogP) is 3.67. The molecule has 0 bridgehead atoms. The molecular formula is C24H28N2O5. The smallest absolute Gasteiger partial charge is 0.407 e. The zero-order valence-electron chi connectivity index (χ0n) is 17.8. The van der Waals surface area contributed by atoms with Crippen molar-refractivity contribution in [2.24, 2.45) is 0 Å². The van der Waals surface area contributed by atoms with Crippen LogP contribution in [0.25, 0.3) is 11.1 Å². The van der Waals surface area contributed by atoms with E-state index in [0.29, 0.717) is 12.8 Å². The topological polar surface area (TPSA) is 105 Å². The number of amides is 2. The van der Waals surface area contributed by atoms with Gasteiger partial charge in [0.1, 0.15) is 18.7 Å². The van der Waals surface area contributed by atoms with Crippen LogP contribution in [0.4, 0.5) is 4.79 Å². The molecule has 2 aromatic rings. The number of carbonyl (C=O) groups is 3. The van der Waals surface area contributed by atoms with Crippen LogP contribution >= 0.6 is 0 Å². The van der Waals surface area contributed by atoms with E-state index in [4.69, 9.17) is 9.84 Å². The molecule has 3 N–H and O–H groups in total. The van der Waals surface area contributed by atoms with Gasteiger partial charge in [-0.1, -0.05) is 68.8 Å². The second-order valence-electron chi connectivity index (χ2n) is 7.62. The standard InChI is InChI=1S/C24H28N2O5/c1-3-9-21(22(27)25-20(4-2)23(28)29)26-24(30)31-14-19-17-12-7-5-10-15(17)16-11-6-8-13-18(16)19/h5-8,10-13,19-21H,3-4,9,14H2,1-2H3,(H,25,27)(H,26,30)(H,28,29)/t20-,21-/m0/s1. The van der Waals surface area contributed by atoms with E-state index in [-0.39, 0.29) is 18.9 Å². The molecular weight excluding hydrogens is 396 g/mol. The minimum absolute atomic E-state index is 0.0758. The number of carbonyl (C=O) groups excluding carboxylic acids is 2. The Kier molecular flexibility index (Phi) is 7.28. The van der Waals surface area contributed by atoms with Gasteiger partial charge < -0.3 is 20.5 Å². The molecule has 0 saturated heterocycles. The molecule has 164 valence electrons. The highest BCUT2D eigenvalue weighted by atomic mass is 16.5. The van der Waals surface area contributed by atoms with E-state index in [9.17, 15) is 14.4 Å². The molecule has 0 aliphatic heterocycles. The first-order chi connectivity index (χ1) is 15.0. The number of alkyl carbamates (subject to hydrolysis) is 1. The summed E-state index contributed by atoms with van der Waals surface area (Å²) in [6.45, 7) is 3.70. The van der Waals surface area contributed by atoms with Crippen LogP contribution in [-0.2, 0) is 14.3 Å². The van der Waals surface area contributed by atoms with Gasteiger partial charge in [0.2, 0.25) is 5.91 Å². The summed E-state index contributed by atoms with van der Waals surface area (Å²) < 4.78 is 5.50. The molecule has 0 fully saturated rings. The van der Waals surface area contributed by atoms with E-state index in [2.05, 4.69) is 22.8 Å². The van der Waals surface area contributed by atoms with E-state index in [1.807, 2.05) is 43.3 Å². The summed E-state index contributed by atoms with van der Waals surface area (Å²) >= 11 is 0. The maximum Gasteiger partial charge on any atom is 0.407 e. The number of fused-ring (bicyclic) bond motifs is 3. The first-order valence-electron chi connectivity index (χ1n) is 10.6. The highest BCUT2D eigenvalue weighted by Gasteiger charge is 2.30. The van der Waals surface area contributed by atoms with E-state index in [1.165, 1.54) is 0 Å². The minimum atomic E-state index is -1.10. The molecule has 0 saturated carbocycles. The van der Waals surface area contributed by atoms with Crippen LogP contribution in [0.5, 0.6) is 0 Å². The van der Waals surface area contributed by atoms with Crippen molar-refractivity contribution >= 4 is 18.0 Å². The van der Waals surface area contributed by atoms with Crippen LogP contribution < -0.4 is 10.6 Å². The number of rotatable bonds is 9. The number of benzene rings is 2. The van der Waals surface area contributed by atoms with Crippen LogP contribution in [0.15, 0.2) is 48.5 Å². The fourth-order valence-electron chi connectivity index (χ4n) is 3.95. The molecule has 1 aliphatic rings. The molecule has 0 unspecified atom stereocenters. The van der Waals surface area contributed by atoms with E-state index in [0.717, 1.165) is 22.3 Å². The Morgan fingerprint density at radius 2 is 1.52 bits per heavy atom. The summed E-state index contributed by atoms with van der Waals surface area (Å²) in [6, 6.07) is 14.2. The van der Waals surface area contributed by atoms with Crippen molar-refractivity contribution in [3.05, 3.63) is 59.7 Å². The highest BCUT2D eigenvalue weighted by Crippen LogP contribution is 2.44. The zero-order chi connectivity index (χ0) is 22.4. The van der Waals surface area contributed by atoms with Crippen molar-refractivity contribution in [3.8, 4) is 11.1 Å². The fourth-order valence-corrected chi connectivity index (χ4v) is 3.95. The molecule has 2 amide bonds. The predicted molar refractivity (Wildman–Crippen MR) is 117 cm³/mol. The fraction of sp³-hybridized carbons (Fsp3) is 0.375.